The van der Waals surface area contributed by atoms with Gasteiger partial charge in [0.25, 0.3) is 5.91 Å². The molecule has 2 aromatic carbocycles. The number of nitrogens with one attached hydrogen (secondary N) is 1. The van der Waals surface area contributed by atoms with Gasteiger partial charge in [0.2, 0.25) is 5.75 Å². The number of nitrogens with zero attached hydrogens (tertiary/aromatic N) is 2. The van der Waals surface area contributed by atoms with Gasteiger partial charge in [-0.2, -0.15) is 18.3 Å². The van der Waals surface area contributed by atoms with Gasteiger partial charge in [-0.3, -0.25) is 15.1 Å². The molecule has 0 bridgehead atoms. The Morgan fingerprint density at radius 2 is 1.68 bits per heavy atom. The lowest BCUT2D eigenvalue weighted by molar-refractivity contribution is -0.134. The van der Waals surface area contributed by atoms with Gasteiger partial charge in [-0.05, 0) is 5.56 Å². The lowest BCUT2D eigenvalue weighted by atomic mass is 9.72. The zero-order valence-electron chi connectivity index (χ0n) is 17.0. The molecule has 1 amide bonds. The maximum absolute atomic E-state index is 13.3. The summed E-state index contributed by atoms with van der Waals surface area (Å²) in [5.41, 5.74) is 1.04. The topological polar surface area (TPSA) is 72.4 Å². The number of hydrogen-bond donors (Lipinski definition) is 1. The van der Waals surface area contributed by atoms with Crippen molar-refractivity contribution < 1.29 is 32.2 Å². The maximum Gasteiger partial charge on any atom is 0.431 e. The minimum atomic E-state index is -4.62. The van der Waals surface area contributed by atoms with Crippen LogP contribution in [0.2, 0.25) is 0 Å². The fraction of sp³-hybridized carbons (Fsp3) is 0.333. The Bertz CT molecular complexity index is 1020. The summed E-state index contributed by atoms with van der Waals surface area (Å²) < 4.78 is 55.9. The third-order valence-corrected chi connectivity index (χ3v) is 5.53. The molecular formula is C21H20F3N3O4. The van der Waals surface area contributed by atoms with Gasteiger partial charge in [-0.25, -0.2) is 0 Å². The summed E-state index contributed by atoms with van der Waals surface area (Å²) in [7, 11) is 4.34. The SMILES string of the molecule is COc1cc(N2C(=O)[C@@]3(CC(C(F)(F)F)=NN3)[C@H]2c2ccccc2)cc(OC)c1OC. The predicted molar refractivity (Wildman–Crippen MR) is 107 cm³/mol. The van der Waals surface area contributed by atoms with Crippen LogP contribution >= 0.6 is 0 Å². The Morgan fingerprint density at radius 3 is 2.16 bits per heavy atom. The average molecular weight is 435 g/mol. The number of benzene rings is 2. The van der Waals surface area contributed by atoms with Gasteiger partial charge in [0, 0.05) is 18.6 Å². The van der Waals surface area contributed by atoms with E-state index in [-0.39, 0.29) is 0 Å². The number of carbonyl (C=O) groups excluding carboxylic acids is 1. The lowest BCUT2D eigenvalue weighted by Crippen LogP contribution is -2.73. The lowest BCUT2D eigenvalue weighted by Gasteiger charge is -2.54. The molecule has 31 heavy (non-hydrogen) atoms. The Morgan fingerprint density at radius 1 is 1.06 bits per heavy atom. The fourth-order valence-corrected chi connectivity index (χ4v) is 4.10. The van der Waals surface area contributed by atoms with E-state index in [0.29, 0.717) is 28.5 Å². The van der Waals surface area contributed by atoms with Crippen molar-refractivity contribution >= 4 is 17.3 Å². The molecule has 4 rings (SSSR count). The summed E-state index contributed by atoms with van der Waals surface area (Å²) in [4.78, 5) is 14.7. The highest BCUT2D eigenvalue weighted by Gasteiger charge is 2.66. The van der Waals surface area contributed by atoms with Crippen molar-refractivity contribution in [1.82, 2.24) is 5.43 Å². The van der Waals surface area contributed by atoms with Gasteiger partial charge in [0.15, 0.2) is 17.0 Å². The number of alkyl halides is 3. The molecule has 1 spiro atoms. The van der Waals surface area contributed by atoms with Crippen LogP contribution in [-0.2, 0) is 4.79 Å². The summed E-state index contributed by atoms with van der Waals surface area (Å²) in [6.45, 7) is 0. The number of carbonyl (C=O) groups is 1. The number of ether oxygens (including phenoxy) is 3. The zero-order chi connectivity index (χ0) is 22.4. The molecule has 2 atom stereocenters. The molecule has 0 saturated carbocycles. The second kappa shape index (κ2) is 7.36. The van der Waals surface area contributed by atoms with Crippen LogP contribution in [-0.4, -0.2) is 44.7 Å². The van der Waals surface area contributed by atoms with Crippen molar-refractivity contribution in [1.29, 1.82) is 0 Å². The summed E-state index contributed by atoms with van der Waals surface area (Å²) in [5.74, 6) is 0.459. The van der Waals surface area contributed by atoms with Crippen molar-refractivity contribution in [3.8, 4) is 17.2 Å². The van der Waals surface area contributed by atoms with E-state index in [2.05, 4.69) is 10.5 Å². The normalized spacial score (nSPS) is 22.6. The average Bonchev–Trinajstić information content (AvgIpc) is 3.25. The van der Waals surface area contributed by atoms with Crippen molar-refractivity contribution in [2.24, 2.45) is 5.10 Å². The minimum Gasteiger partial charge on any atom is -0.493 e. The third kappa shape index (κ3) is 3.13. The molecule has 164 valence electrons. The summed E-state index contributed by atoms with van der Waals surface area (Å²) in [6.07, 6.45) is -5.18. The van der Waals surface area contributed by atoms with Crippen LogP contribution in [0.15, 0.2) is 47.6 Å². The van der Waals surface area contributed by atoms with Gasteiger partial charge in [-0.1, -0.05) is 30.3 Å². The molecule has 2 heterocycles. The van der Waals surface area contributed by atoms with Crippen LogP contribution in [0.4, 0.5) is 18.9 Å². The fourth-order valence-electron chi connectivity index (χ4n) is 4.10. The minimum absolute atomic E-state index is 0.323. The molecule has 2 aliphatic heterocycles. The quantitative estimate of drug-likeness (QED) is 0.729. The highest BCUT2D eigenvalue weighted by molar-refractivity contribution is 6.13. The molecule has 10 heteroatoms. The predicted octanol–water partition coefficient (Wildman–Crippen LogP) is 3.45. The molecular weight excluding hydrogens is 415 g/mol. The maximum atomic E-state index is 13.3. The second-order valence-corrected chi connectivity index (χ2v) is 7.19. The Balaban J connectivity index is 1.80. The number of rotatable bonds is 5. The van der Waals surface area contributed by atoms with Gasteiger partial charge >= 0.3 is 6.18 Å². The highest BCUT2D eigenvalue weighted by atomic mass is 19.4. The molecule has 0 radical (unpaired) electrons. The van der Waals surface area contributed by atoms with E-state index in [9.17, 15) is 18.0 Å². The van der Waals surface area contributed by atoms with Crippen molar-refractivity contribution in [2.45, 2.75) is 24.2 Å². The molecule has 0 aromatic heterocycles. The molecule has 1 N–H and O–H groups in total. The van der Waals surface area contributed by atoms with E-state index in [4.69, 9.17) is 14.2 Å². The van der Waals surface area contributed by atoms with Gasteiger partial charge in [0.1, 0.15) is 5.71 Å². The van der Waals surface area contributed by atoms with Crippen LogP contribution in [0.25, 0.3) is 0 Å². The van der Waals surface area contributed by atoms with Gasteiger partial charge < -0.3 is 14.2 Å². The van der Waals surface area contributed by atoms with E-state index in [0.717, 1.165) is 0 Å². The Kier molecular flexibility index (Phi) is 4.95. The zero-order valence-corrected chi connectivity index (χ0v) is 17.0. The monoisotopic (exact) mass is 435 g/mol. The number of amides is 1. The molecule has 2 aliphatic rings. The smallest absolute Gasteiger partial charge is 0.431 e. The third-order valence-electron chi connectivity index (χ3n) is 5.53. The standard InChI is InChI=1S/C21H20F3N3O4/c1-29-14-9-13(10-15(30-2)17(14)31-3)27-18(12-7-5-4-6-8-12)20(19(27)28)11-16(25-26-20)21(22,23)24/h4-10,18,26H,11H2,1-3H3/t18-,20-/m1/s1. The van der Waals surface area contributed by atoms with E-state index >= 15 is 0 Å². The van der Waals surface area contributed by atoms with Crippen LogP contribution in [0.3, 0.4) is 0 Å². The van der Waals surface area contributed by atoms with E-state index in [1.54, 1.807) is 42.5 Å². The molecule has 1 fully saturated rings. The first-order valence-corrected chi connectivity index (χ1v) is 9.36. The first-order valence-electron chi connectivity index (χ1n) is 9.36. The number of halogens is 3. The highest BCUT2D eigenvalue weighted by Crippen LogP contribution is 2.53. The molecule has 7 nitrogen and oxygen atoms in total. The first-order chi connectivity index (χ1) is 14.8. The number of β-lactam (4-membered cyclic amide) rings is 1. The number of anilines is 1. The number of hydrazone groups is 1. The van der Waals surface area contributed by atoms with Gasteiger partial charge in [-0.15, -0.1) is 0 Å². The van der Waals surface area contributed by atoms with Crippen LogP contribution < -0.4 is 24.5 Å². The van der Waals surface area contributed by atoms with Crippen LogP contribution in [0.1, 0.15) is 18.0 Å². The number of hydrogen-bond acceptors (Lipinski definition) is 6. The molecule has 0 aliphatic carbocycles. The Labute approximate surface area is 176 Å². The summed E-state index contributed by atoms with van der Waals surface area (Å²) in [6, 6.07) is 11.3. The molecule has 0 unspecified atom stereocenters. The second-order valence-electron chi connectivity index (χ2n) is 7.19. The van der Waals surface area contributed by atoms with Crippen LogP contribution in [0.5, 0.6) is 17.2 Å². The summed E-state index contributed by atoms with van der Waals surface area (Å²) >= 11 is 0. The van der Waals surface area contributed by atoms with Crippen LogP contribution in [0, 0.1) is 0 Å². The van der Waals surface area contributed by atoms with E-state index < -0.39 is 35.8 Å². The van der Waals surface area contributed by atoms with E-state index in [1.807, 2.05) is 0 Å². The molecule has 2 aromatic rings. The summed E-state index contributed by atoms with van der Waals surface area (Å²) in [5, 5.41) is 3.46. The van der Waals surface area contributed by atoms with Crippen molar-refractivity contribution in [2.75, 3.05) is 26.2 Å². The van der Waals surface area contributed by atoms with E-state index in [1.165, 1.54) is 26.2 Å². The van der Waals surface area contributed by atoms with Gasteiger partial charge in [0.05, 0.1) is 33.1 Å². The molecule has 1 saturated heterocycles. The largest absolute Gasteiger partial charge is 0.493 e. The number of methoxy groups -OCH3 is 3. The Hall–Kier alpha value is -3.43. The van der Waals surface area contributed by atoms with Crippen molar-refractivity contribution in [3.05, 3.63) is 48.0 Å². The first kappa shape index (κ1) is 20.8. The van der Waals surface area contributed by atoms with Crippen molar-refractivity contribution in [3.63, 3.8) is 0 Å².